The molecule has 6 rings (SSSR count). The number of rotatable bonds is 5. The minimum absolute atomic E-state index is 0.0835. The highest BCUT2D eigenvalue weighted by Gasteiger charge is 2.28. The number of fused-ring (bicyclic) bond motifs is 1. The van der Waals surface area contributed by atoms with Crippen LogP contribution in [-0.4, -0.2) is 53.0 Å². The molecular weight excluding hydrogens is 426 g/mol. The maximum Gasteiger partial charge on any atom is 0.255 e. The van der Waals surface area contributed by atoms with Crippen LogP contribution in [0.15, 0.2) is 85.5 Å². The van der Waals surface area contributed by atoms with Crippen molar-refractivity contribution < 1.29 is 4.79 Å². The number of likely N-dealkylation sites (tertiary alicyclic amines) is 1. The zero-order valence-corrected chi connectivity index (χ0v) is 18.7. The number of benzene rings is 2. The summed E-state index contributed by atoms with van der Waals surface area (Å²) in [6, 6.07) is 19.7. The van der Waals surface area contributed by atoms with Gasteiger partial charge in [0.25, 0.3) is 5.91 Å². The second-order valence-corrected chi connectivity index (χ2v) is 8.65. The monoisotopic (exact) mass is 451 g/mol. The molecule has 8 heteroatoms. The van der Waals surface area contributed by atoms with Crippen LogP contribution < -0.4 is 0 Å². The minimum Gasteiger partial charge on any atom is -0.339 e. The minimum atomic E-state index is 0.0835. The summed E-state index contributed by atoms with van der Waals surface area (Å²) in [5, 5.41) is 8.58. The van der Waals surface area contributed by atoms with Crippen molar-refractivity contribution in [1.29, 1.82) is 0 Å². The predicted molar refractivity (Wildman–Crippen MR) is 129 cm³/mol. The molecule has 1 saturated heterocycles. The van der Waals surface area contributed by atoms with Gasteiger partial charge in [-0.05, 0) is 49.2 Å². The topological polar surface area (TPSA) is 73.8 Å². The molecule has 0 N–H and O–H groups in total. The van der Waals surface area contributed by atoms with Gasteiger partial charge < -0.3 is 14.0 Å². The Hall–Kier alpha value is -4.20. The summed E-state index contributed by atoms with van der Waals surface area (Å²) in [4.78, 5) is 20.0. The van der Waals surface area contributed by atoms with Gasteiger partial charge in [0.15, 0.2) is 0 Å². The maximum atomic E-state index is 13.4. The van der Waals surface area contributed by atoms with Crippen molar-refractivity contribution in [2.75, 3.05) is 13.1 Å². The van der Waals surface area contributed by atoms with Gasteiger partial charge in [-0.15, -0.1) is 5.10 Å². The lowest BCUT2D eigenvalue weighted by molar-refractivity contribution is 0.0710. The highest BCUT2D eigenvalue weighted by molar-refractivity contribution is 5.97. The van der Waals surface area contributed by atoms with Crippen LogP contribution in [0.3, 0.4) is 0 Å². The lowest BCUT2D eigenvalue weighted by Crippen LogP contribution is -2.38. The summed E-state index contributed by atoms with van der Waals surface area (Å²) in [5.41, 5.74) is 3.53. The largest absolute Gasteiger partial charge is 0.339 e. The number of carbonyl (C=O) groups excluding carboxylic acids is 1. The molecule has 0 saturated carbocycles. The van der Waals surface area contributed by atoms with Gasteiger partial charge in [-0.1, -0.05) is 29.5 Å². The summed E-state index contributed by atoms with van der Waals surface area (Å²) < 4.78 is 6.03. The van der Waals surface area contributed by atoms with Gasteiger partial charge in [0.05, 0.1) is 16.8 Å². The highest BCUT2D eigenvalue weighted by Crippen LogP contribution is 2.29. The zero-order valence-electron chi connectivity index (χ0n) is 18.7. The first-order chi connectivity index (χ1) is 16.8. The van der Waals surface area contributed by atoms with Crippen molar-refractivity contribution in [3.05, 3.63) is 96.8 Å². The van der Waals surface area contributed by atoms with Crippen molar-refractivity contribution in [3.63, 3.8) is 0 Å². The van der Waals surface area contributed by atoms with Gasteiger partial charge in [-0.25, -0.2) is 9.67 Å². The van der Waals surface area contributed by atoms with Crippen LogP contribution >= 0.6 is 0 Å². The normalized spacial score (nSPS) is 14.6. The van der Waals surface area contributed by atoms with Crippen molar-refractivity contribution in [2.45, 2.75) is 25.4 Å². The fourth-order valence-electron chi connectivity index (χ4n) is 4.85. The van der Waals surface area contributed by atoms with Gasteiger partial charge in [0.1, 0.15) is 18.0 Å². The molecule has 1 aliphatic heterocycles. The van der Waals surface area contributed by atoms with Crippen LogP contribution in [0.5, 0.6) is 0 Å². The SMILES string of the molecule is O=C(c1ccccc1-n1cccc1)N1CCC(c2nccn2Cn2nnc3ccccc32)CC1. The van der Waals surface area contributed by atoms with Gasteiger partial charge in [0, 0.05) is 43.8 Å². The molecule has 0 bridgehead atoms. The number of carbonyl (C=O) groups is 1. The maximum absolute atomic E-state index is 13.4. The fraction of sp³-hybridized carbons (Fsp3) is 0.231. The number of hydrogen-bond donors (Lipinski definition) is 0. The van der Waals surface area contributed by atoms with E-state index in [1.807, 2.05) is 99.6 Å². The molecular formula is C26H25N7O. The lowest BCUT2D eigenvalue weighted by atomic mass is 9.95. The first kappa shape index (κ1) is 20.4. The fourth-order valence-corrected chi connectivity index (χ4v) is 4.85. The zero-order chi connectivity index (χ0) is 22.9. The average Bonchev–Trinajstić information content (AvgIpc) is 3.66. The first-order valence-corrected chi connectivity index (χ1v) is 11.6. The summed E-state index contributed by atoms with van der Waals surface area (Å²) in [7, 11) is 0. The van der Waals surface area contributed by atoms with Gasteiger partial charge in [0.2, 0.25) is 0 Å². The third-order valence-corrected chi connectivity index (χ3v) is 6.62. The van der Waals surface area contributed by atoms with Crippen molar-refractivity contribution >= 4 is 16.9 Å². The molecule has 34 heavy (non-hydrogen) atoms. The molecule has 5 aromatic rings. The molecule has 1 fully saturated rings. The van der Waals surface area contributed by atoms with Crippen LogP contribution in [0.25, 0.3) is 16.7 Å². The molecule has 0 radical (unpaired) electrons. The molecule has 0 atom stereocenters. The Morgan fingerprint density at radius 2 is 1.68 bits per heavy atom. The van der Waals surface area contributed by atoms with Crippen molar-refractivity contribution in [3.8, 4) is 5.69 Å². The summed E-state index contributed by atoms with van der Waals surface area (Å²) in [5.74, 6) is 1.42. The molecule has 170 valence electrons. The third-order valence-electron chi connectivity index (χ3n) is 6.62. The Labute approximate surface area is 197 Å². The van der Waals surface area contributed by atoms with E-state index in [9.17, 15) is 4.79 Å². The van der Waals surface area contributed by atoms with Crippen LogP contribution in [0.4, 0.5) is 0 Å². The summed E-state index contributed by atoms with van der Waals surface area (Å²) >= 11 is 0. The molecule has 1 aliphatic rings. The number of amides is 1. The molecule has 0 spiro atoms. The average molecular weight is 452 g/mol. The van der Waals surface area contributed by atoms with E-state index in [2.05, 4.69) is 19.9 Å². The van der Waals surface area contributed by atoms with Gasteiger partial charge in [-0.3, -0.25) is 4.79 Å². The Bertz CT molecular complexity index is 1420. The Balaban J connectivity index is 1.17. The summed E-state index contributed by atoms with van der Waals surface area (Å²) in [6.45, 7) is 1.99. The van der Waals surface area contributed by atoms with E-state index in [4.69, 9.17) is 0 Å². The highest BCUT2D eigenvalue weighted by atomic mass is 16.2. The Kier molecular flexibility index (Phi) is 5.18. The van der Waals surface area contributed by atoms with Crippen LogP contribution in [0.2, 0.25) is 0 Å². The molecule has 8 nitrogen and oxygen atoms in total. The quantitative estimate of drug-likeness (QED) is 0.406. The molecule has 3 aromatic heterocycles. The van der Waals surface area contributed by atoms with E-state index in [-0.39, 0.29) is 5.91 Å². The number of nitrogens with zero attached hydrogens (tertiary/aromatic N) is 7. The van der Waals surface area contributed by atoms with Crippen LogP contribution in [0, 0.1) is 0 Å². The second-order valence-electron chi connectivity index (χ2n) is 8.65. The van der Waals surface area contributed by atoms with Crippen molar-refractivity contribution in [2.24, 2.45) is 0 Å². The van der Waals surface area contributed by atoms with Crippen LogP contribution in [-0.2, 0) is 6.67 Å². The molecule has 0 aliphatic carbocycles. The third kappa shape index (κ3) is 3.67. The van der Waals surface area contributed by atoms with E-state index in [0.717, 1.165) is 41.0 Å². The predicted octanol–water partition coefficient (Wildman–Crippen LogP) is 3.94. The number of hydrogen-bond acceptors (Lipinski definition) is 4. The van der Waals surface area contributed by atoms with E-state index >= 15 is 0 Å². The second kappa shape index (κ2) is 8.62. The van der Waals surface area contributed by atoms with Gasteiger partial charge in [-0.2, -0.15) is 0 Å². The first-order valence-electron chi connectivity index (χ1n) is 11.6. The number of aromatic nitrogens is 6. The Morgan fingerprint density at radius 1 is 0.912 bits per heavy atom. The molecule has 1 amide bonds. The number of para-hydroxylation sites is 2. The summed E-state index contributed by atoms with van der Waals surface area (Å²) in [6.07, 6.45) is 9.54. The smallest absolute Gasteiger partial charge is 0.255 e. The number of piperidine rings is 1. The number of imidazole rings is 1. The van der Waals surface area contributed by atoms with E-state index in [1.165, 1.54) is 0 Å². The van der Waals surface area contributed by atoms with E-state index < -0.39 is 0 Å². The molecule has 0 unspecified atom stereocenters. The Morgan fingerprint density at radius 3 is 2.53 bits per heavy atom. The van der Waals surface area contributed by atoms with E-state index in [1.54, 1.807) is 0 Å². The lowest BCUT2D eigenvalue weighted by Gasteiger charge is -2.32. The van der Waals surface area contributed by atoms with Gasteiger partial charge >= 0.3 is 0 Å². The van der Waals surface area contributed by atoms with Crippen LogP contribution in [0.1, 0.15) is 34.9 Å². The van der Waals surface area contributed by atoms with E-state index in [0.29, 0.717) is 25.7 Å². The molecule has 4 heterocycles. The standard InChI is InChI=1S/C26H25N7O/c34-26(21-7-1-3-9-23(21)30-14-5-6-15-30)31-16-11-20(12-17-31)25-27-13-18-32(25)19-33-24-10-4-2-8-22(24)28-29-33/h1-10,13-15,18,20H,11-12,16-17,19H2. The van der Waals surface area contributed by atoms with Crippen molar-refractivity contribution in [1.82, 2.24) is 34.0 Å². The molecule has 2 aromatic carbocycles.